The minimum atomic E-state index is -4.76. The third kappa shape index (κ3) is 4.52. The van der Waals surface area contributed by atoms with Crippen molar-refractivity contribution in [1.82, 2.24) is 15.1 Å². The molecular weight excluding hydrogens is 348 g/mol. The first-order valence-electron chi connectivity index (χ1n) is 6.89. The molecule has 0 unspecified atom stereocenters. The van der Waals surface area contributed by atoms with Crippen molar-refractivity contribution in [2.24, 2.45) is 0 Å². The van der Waals surface area contributed by atoms with Gasteiger partial charge >= 0.3 is 12.0 Å². The number of hydrogen-bond donors (Lipinski definition) is 1. The summed E-state index contributed by atoms with van der Waals surface area (Å²) < 4.78 is 52.7. The van der Waals surface area contributed by atoms with E-state index in [4.69, 9.17) is 0 Å². The van der Waals surface area contributed by atoms with Crippen LogP contribution in [0.25, 0.3) is 0 Å². The molecule has 0 fully saturated rings. The third-order valence-corrected chi connectivity index (χ3v) is 3.30. The summed E-state index contributed by atoms with van der Waals surface area (Å²) in [5.74, 6) is -2.18. The fraction of sp³-hybridized carbons (Fsp3) is 0.286. The molecule has 1 N–H and O–H groups in total. The molecule has 7 nitrogen and oxygen atoms in total. The number of halogens is 4. The van der Waals surface area contributed by atoms with Gasteiger partial charge in [0.25, 0.3) is 0 Å². The molecule has 2 rings (SSSR count). The molecule has 0 aliphatic carbocycles. The van der Waals surface area contributed by atoms with Gasteiger partial charge in [-0.1, -0.05) is 6.07 Å². The number of amides is 1. The van der Waals surface area contributed by atoms with Crippen LogP contribution in [0.3, 0.4) is 0 Å². The van der Waals surface area contributed by atoms with Crippen LogP contribution in [0, 0.1) is 22.9 Å². The zero-order chi connectivity index (χ0) is 18.8. The predicted octanol–water partition coefficient (Wildman–Crippen LogP) is 2.57. The fourth-order valence-electron chi connectivity index (χ4n) is 2.09. The summed E-state index contributed by atoms with van der Waals surface area (Å²) in [6.45, 7) is 0.619. The lowest BCUT2D eigenvalue weighted by molar-refractivity contribution is -0.389. The molecule has 11 heteroatoms. The summed E-state index contributed by atoms with van der Waals surface area (Å²) in [4.78, 5) is 21.7. The molecule has 0 aliphatic rings. The molecular formula is C14H12F4N4O3. The predicted molar refractivity (Wildman–Crippen MR) is 76.9 cm³/mol. The molecule has 25 heavy (non-hydrogen) atoms. The Morgan fingerprint density at radius 2 is 2.04 bits per heavy atom. The van der Waals surface area contributed by atoms with Crippen LogP contribution in [0.4, 0.5) is 23.4 Å². The molecule has 0 saturated heterocycles. The number of nitro groups is 1. The first-order chi connectivity index (χ1) is 11.6. The van der Waals surface area contributed by atoms with E-state index in [1.54, 1.807) is 0 Å². The number of alkyl halides is 3. The molecule has 0 aliphatic heterocycles. The number of nitrogens with one attached hydrogen (secondary N) is 1. The van der Waals surface area contributed by atoms with Gasteiger partial charge in [-0.2, -0.15) is 17.9 Å². The zero-order valence-electron chi connectivity index (χ0n) is 12.8. The lowest BCUT2D eigenvalue weighted by Crippen LogP contribution is -2.29. The van der Waals surface area contributed by atoms with E-state index in [-0.39, 0.29) is 5.56 Å². The number of benzene rings is 1. The normalized spacial score (nSPS) is 11.4. The van der Waals surface area contributed by atoms with Gasteiger partial charge in [0, 0.05) is 6.54 Å². The number of nitrogens with zero attached hydrogens (tertiary/aromatic N) is 3. The van der Waals surface area contributed by atoms with Gasteiger partial charge in [0.15, 0.2) is 0 Å². The highest BCUT2D eigenvalue weighted by molar-refractivity contribution is 5.75. The van der Waals surface area contributed by atoms with Gasteiger partial charge in [0.05, 0.1) is 22.4 Å². The van der Waals surface area contributed by atoms with Gasteiger partial charge in [-0.15, -0.1) is 0 Å². The van der Waals surface area contributed by atoms with E-state index in [1.165, 1.54) is 6.92 Å². The quantitative estimate of drug-likeness (QED) is 0.504. The van der Waals surface area contributed by atoms with Gasteiger partial charge in [-0.3, -0.25) is 4.79 Å². The number of rotatable bonds is 5. The van der Waals surface area contributed by atoms with Crippen molar-refractivity contribution in [3.8, 4) is 0 Å². The van der Waals surface area contributed by atoms with Crippen molar-refractivity contribution in [2.75, 3.05) is 0 Å². The number of carbonyl (C=O) groups is 1. The maximum absolute atomic E-state index is 13.0. The SMILES string of the molecule is Cc1cc([N+](=O)[O-])nn1CC(=O)NCc1ccc(F)cc1C(F)(F)F. The van der Waals surface area contributed by atoms with Crippen LogP contribution in [0.2, 0.25) is 0 Å². The highest BCUT2D eigenvalue weighted by Gasteiger charge is 2.33. The monoisotopic (exact) mass is 360 g/mol. The topological polar surface area (TPSA) is 90.1 Å². The Kier molecular flexibility index (Phi) is 5.04. The highest BCUT2D eigenvalue weighted by atomic mass is 19.4. The van der Waals surface area contributed by atoms with Gasteiger partial charge in [-0.25, -0.2) is 4.39 Å². The molecule has 0 spiro atoms. The van der Waals surface area contributed by atoms with E-state index in [0.29, 0.717) is 11.8 Å². The lowest BCUT2D eigenvalue weighted by Gasteiger charge is -2.13. The summed E-state index contributed by atoms with van der Waals surface area (Å²) in [6, 6.07) is 3.30. The second-order valence-electron chi connectivity index (χ2n) is 5.13. The Morgan fingerprint density at radius 3 is 2.60 bits per heavy atom. The summed E-state index contributed by atoms with van der Waals surface area (Å²) in [6.07, 6.45) is -4.76. The van der Waals surface area contributed by atoms with Crippen molar-refractivity contribution in [3.05, 3.63) is 57.0 Å². The molecule has 1 aromatic carbocycles. The van der Waals surface area contributed by atoms with Crippen molar-refractivity contribution in [1.29, 1.82) is 0 Å². The van der Waals surface area contributed by atoms with Crippen molar-refractivity contribution >= 4 is 11.7 Å². The molecule has 0 saturated carbocycles. The lowest BCUT2D eigenvalue weighted by atomic mass is 10.1. The first kappa shape index (κ1) is 18.4. The Hall–Kier alpha value is -2.98. The van der Waals surface area contributed by atoms with Gasteiger partial charge in [-0.05, 0) is 29.5 Å². The van der Waals surface area contributed by atoms with E-state index in [0.717, 1.165) is 22.9 Å². The maximum Gasteiger partial charge on any atom is 0.416 e. The summed E-state index contributed by atoms with van der Waals surface area (Å²) in [5.41, 5.74) is -1.14. The summed E-state index contributed by atoms with van der Waals surface area (Å²) in [7, 11) is 0. The first-order valence-corrected chi connectivity index (χ1v) is 6.89. The largest absolute Gasteiger partial charge is 0.416 e. The number of aryl methyl sites for hydroxylation is 1. The van der Waals surface area contributed by atoms with Crippen LogP contribution in [0.5, 0.6) is 0 Å². The van der Waals surface area contributed by atoms with Crippen LogP contribution < -0.4 is 5.32 Å². The number of hydrogen-bond acceptors (Lipinski definition) is 4. The van der Waals surface area contributed by atoms with E-state index in [1.807, 2.05) is 0 Å². The van der Waals surface area contributed by atoms with Crippen LogP contribution in [-0.4, -0.2) is 20.6 Å². The van der Waals surface area contributed by atoms with Crippen molar-refractivity contribution in [2.45, 2.75) is 26.2 Å². The van der Waals surface area contributed by atoms with E-state index < -0.39 is 47.3 Å². The van der Waals surface area contributed by atoms with Crippen LogP contribution >= 0.6 is 0 Å². The standard InChI is InChI=1S/C14H12F4N4O3/c1-8-4-12(22(24)25)20-21(8)7-13(23)19-6-9-2-3-10(15)5-11(9)14(16,17)18/h2-5H,6-7H2,1H3,(H,19,23). The Morgan fingerprint density at radius 1 is 1.36 bits per heavy atom. The third-order valence-electron chi connectivity index (χ3n) is 3.30. The average Bonchev–Trinajstić information content (AvgIpc) is 2.86. The summed E-state index contributed by atoms with van der Waals surface area (Å²) in [5, 5.41) is 16.5. The summed E-state index contributed by atoms with van der Waals surface area (Å²) >= 11 is 0. The van der Waals surface area contributed by atoms with E-state index in [2.05, 4.69) is 10.4 Å². The Bertz CT molecular complexity index is 817. The second kappa shape index (κ2) is 6.87. The van der Waals surface area contributed by atoms with Gasteiger partial charge in [0.2, 0.25) is 5.91 Å². The molecule has 1 amide bonds. The van der Waals surface area contributed by atoms with Crippen LogP contribution in [0.1, 0.15) is 16.8 Å². The molecule has 1 heterocycles. The fourth-order valence-corrected chi connectivity index (χ4v) is 2.09. The number of aromatic nitrogens is 2. The second-order valence-corrected chi connectivity index (χ2v) is 5.13. The molecule has 2 aromatic rings. The van der Waals surface area contributed by atoms with E-state index >= 15 is 0 Å². The molecule has 0 bridgehead atoms. The van der Waals surface area contributed by atoms with Crippen molar-refractivity contribution in [3.63, 3.8) is 0 Å². The molecule has 0 radical (unpaired) electrons. The van der Waals surface area contributed by atoms with Crippen LogP contribution in [-0.2, 0) is 24.1 Å². The van der Waals surface area contributed by atoms with Gasteiger partial charge < -0.3 is 15.4 Å². The average molecular weight is 360 g/mol. The molecule has 1 aromatic heterocycles. The maximum atomic E-state index is 13.0. The van der Waals surface area contributed by atoms with Gasteiger partial charge in [0.1, 0.15) is 12.4 Å². The highest BCUT2D eigenvalue weighted by Crippen LogP contribution is 2.32. The molecule has 0 atom stereocenters. The minimum absolute atomic E-state index is 0.301. The Labute approximate surface area is 138 Å². The number of carbonyl (C=O) groups excluding carboxylic acids is 1. The Balaban J connectivity index is 2.07. The minimum Gasteiger partial charge on any atom is -0.358 e. The van der Waals surface area contributed by atoms with Crippen molar-refractivity contribution < 1.29 is 27.3 Å². The van der Waals surface area contributed by atoms with E-state index in [9.17, 15) is 32.5 Å². The van der Waals surface area contributed by atoms with Crippen LogP contribution in [0.15, 0.2) is 24.3 Å². The smallest absolute Gasteiger partial charge is 0.358 e. The molecule has 134 valence electrons. The zero-order valence-corrected chi connectivity index (χ0v) is 12.8.